The van der Waals surface area contributed by atoms with Gasteiger partial charge in [-0.25, -0.2) is 8.78 Å². The first-order valence-electron chi connectivity index (χ1n) is 7.44. The fourth-order valence-electron chi connectivity index (χ4n) is 3.59. The smallest absolute Gasteiger partial charge is 0.261 e. The van der Waals surface area contributed by atoms with Gasteiger partial charge in [0, 0.05) is 26.1 Å². The Morgan fingerprint density at radius 1 is 1.36 bits per heavy atom. The molecule has 1 atom stereocenters. The molecule has 0 saturated carbocycles. The predicted octanol–water partition coefficient (Wildman–Crippen LogP) is 2.04. The molecule has 1 aromatic rings. The number of benzene rings is 1. The molecule has 1 amide bonds. The molecular weight excluding hydrogens is 290 g/mol. The fraction of sp³-hybridized carbons (Fsp3) is 0.562. The largest absolute Gasteiger partial charge is 0.497 e. The van der Waals surface area contributed by atoms with Crippen LogP contribution < -0.4 is 10.1 Å². The number of rotatable bonds is 3. The summed E-state index contributed by atoms with van der Waals surface area (Å²) >= 11 is 0. The van der Waals surface area contributed by atoms with Crippen LogP contribution in [0, 0.1) is 5.41 Å². The summed E-state index contributed by atoms with van der Waals surface area (Å²) in [6.45, 7) is 0.953. The SMILES string of the molecule is COc1cccc(CN2CC(F)(F)C[C@@]3(CCNC3=O)C2)c1. The number of piperidine rings is 1. The minimum atomic E-state index is -2.83. The third-order valence-corrected chi connectivity index (χ3v) is 4.49. The maximum absolute atomic E-state index is 14.1. The molecule has 4 nitrogen and oxygen atoms in total. The van der Waals surface area contributed by atoms with Gasteiger partial charge in [-0.1, -0.05) is 12.1 Å². The lowest BCUT2D eigenvalue weighted by Crippen LogP contribution is -2.54. The highest BCUT2D eigenvalue weighted by Crippen LogP contribution is 2.43. The van der Waals surface area contributed by atoms with E-state index in [9.17, 15) is 13.6 Å². The van der Waals surface area contributed by atoms with E-state index in [1.807, 2.05) is 24.3 Å². The van der Waals surface area contributed by atoms with Gasteiger partial charge >= 0.3 is 0 Å². The van der Waals surface area contributed by atoms with Gasteiger partial charge in [0.15, 0.2) is 0 Å². The molecule has 2 fully saturated rings. The molecule has 6 heteroatoms. The monoisotopic (exact) mass is 310 g/mol. The summed E-state index contributed by atoms with van der Waals surface area (Å²) in [7, 11) is 1.58. The summed E-state index contributed by atoms with van der Waals surface area (Å²) in [6, 6.07) is 7.39. The van der Waals surface area contributed by atoms with Crippen LogP contribution in [0.4, 0.5) is 8.78 Å². The third kappa shape index (κ3) is 2.92. The number of methoxy groups -OCH3 is 1. The molecule has 2 aliphatic rings. The second kappa shape index (κ2) is 5.50. The number of hydrogen-bond donors (Lipinski definition) is 1. The summed E-state index contributed by atoms with van der Waals surface area (Å²) in [5, 5.41) is 2.70. The normalized spacial score (nSPS) is 27.9. The topological polar surface area (TPSA) is 41.6 Å². The number of amides is 1. The molecule has 3 rings (SSSR count). The molecule has 0 aliphatic carbocycles. The molecule has 0 aromatic heterocycles. The lowest BCUT2D eigenvalue weighted by molar-refractivity contribution is -0.149. The minimum absolute atomic E-state index is 0.234. The number of nitrogens with one attached hydrogen (secondary N) is 1. The van der Waals surface area contributed by atoms with Crippen LogP contribution in [-0.4, -0.2) is 43.5 Å². The predicted molar refractivity (Wildman–Crippen MR) is 77.9 cm³/mol. The third-order valence-electron chi connectivity index (χ3n) is 4.49. The number of hydrogen-bond acceptors (Lipinski definition) is 3. The van der Waals surface area contributed by atoms with Gasteiger partial charge in [0.25, 0.3) is 5.92 Å². The number of carbonyl (C=O) groups excluding carboxylic acids is 1. The van der Waals surface area contributed by atoms with Crippen molar-refractivity contribution in [2.75, 3.05) is 26.7 Å². The Kier molecular flexibility index (Phi) is 3.80. The molecule has 1 spiro atoms. The van der Waals surface area contributed by atoms with Crippen LogP contribution in [0.2, 0.25) is 0 Å². The second-order valence-electron chi connectivity index (χ2n) is 6.32. The van der Waals surface area contributed by atoms with E-state index in [-0.39, 0.29) is 18.9 Å². The number of carbonyl (C=O) groups is 1. The van der Waals surface area contributed by atoms with Crippen molar-refractivity contribution in [3.05, 3.63) is 29.8 Å². The zero-order valence-electron chi connectivity index (χ0n) is 12.6. The van der Waals surface area contributed by atoms with Crippen molar-refractivity contribution >= 4 is 5.91 Å². The minimum Gasteiger partial charge on any atom is -0.497 e. The quantitative estimate of drug-likeness (QED) is 0.929. The van der Waals surface area contributed by atoms with Crippen molar-refractivity contribution in [2.24, 2.45) is 5.41 Å². The van der Waals surface area contributed by atoms with Crippen molar-refractivity contribution in [1.82, 2.24) is 10.2 Å². The average molecular weight is 310 g/mol. The van der Waals surface area contributed by atoms with Crippen LogP contribution >= 0.6 is 0 Å². The molecule has 1 N–H and O–H groups in total. The summed E-state index contributed by atoms with van der Waals surface area (Å²) in [5.41, 5.74) is -0.0359. The van der Waals surface area contributed by atoms with Gasteiger partial charge in [0.1, 0.15) is 5.75 Å². The molecule has 22 heavy (non-hydrogen) atoms. The number of ether oxygens (including phenoxy) is 1. The molecule has 2 saturated heterocycles. The van der Waals surface area contributed by atoms with Crippen LogP contribution in [0.25, 0.3) is 0 Å². The number of nitrogens with zero attached hydrogens (tertiary/aromatic N) is 1. The Labute approximate surface area is 128 Å². The molecular formula is C16H20F2N2O2. The van der Waals surface area contributed by atoms with E-state index in [1.165, 1.54) is 0 Å². The molecule has 0 unspecified atom stereocenters. The lowest BCUT2D eigenvalue weighted by Gasteiger charge is -2.42. The molecule has 0 radical (unpaired) electrons. The lowest BCUT2D eigenvalue weighted by atomic mass is 9.77. The zero-order valence-corrected chi connectivity index (χ0v) is 12.6. The van der Waals surface area contributed by atoms with E-state index < -0.39 is 11.3 Å². The molecule has 120 valence electrons. The van der Waals surface area contributed by atoms with Crippen LogP contribution in [0.15, 0.2) is 24.3 Å². The maximum atomic E-state index is 14.1. The van der Waals surface area contributed by atoms with Crippen LogP contribution in [-0.2, 0) is 11.3 Å². The van der Waals surface area contributed by atoms with Crippen molar-refractivity contribution in [1.29, 1.82) is 0 Å². The van der Waals surface area contributed by atoms with Gasteiger partial charge in [-0.3, -0.25) is 9.69 Å². The van der Waals surface area contributed by atoms with Crippen molar-refractivity contribution in [3.63, 3.8) is 0 Å². The van der Waals surface area contributed by atoms with Crippen LogP contribution in [0.5, 0.6) is 5.75 Å². The van der Waals surface area contributed by atoms with E-state index >= 15 is 0 Å². The number of halogens is 2. The van der Waals surface area contributed by atoms with E-state index in [0.29, 0.717) is 31.8 Å². The highest BCUT2D eigenvalue weighted by molar-refractivity contribution is 5.85. The van der Waals surface area contributed by atoms with E-state index in [0.717, 1.165) is 5.56 Å². The Bertz CT molecular complexity index is 579. The first kappa shape index (κ1) is 15.2. The average Bonchev–Trinajstić information content (AvgIpc) is 2.77. The summed E-state index contributed by atoms with van der Waals surface area (Å²) in [4.78, 5) is 13.7. The Morgan fingerprint density at radius 2 is 2.18 bits per heavy atom. The van der Waals surface area contributed by atoms with Crippen molar-refractivity contribution in [2.45, 2.75) is 25.3 Å². The molecule has 0 bridgehead atoms. The fourth-order valence-corrected chi connectivity index (χ4v) is 3.59. The molecule has 2 heterocycles. The highest BCUT2D eigenvalue weighted by Gasteiger charge is 2.54. The van der Waals surface area contributed by atoms with Gasteiger partial charge in [0.05, 0.1) is 19.1 Å². The van der Waals surface area contributed by atoms with Gasteiger partial charge in [-0.05, 0) is 24.1 Å². The summed E-state index contributed by atoms with van der Waals surface area (Å²) in [6.07, 6.45) is 0.135. The molecule has 2 aliphatic heterocycles. The second-order valence-corrected chi connectivity index (χ2v) is 6.32. The molecule has 1 aromatic carbocycles. The van der Waals surface area contributed by atoms with Crippen LogP contribution in [0.1, 0.15) is 18.4 Å². The van der Waals surface area contributed by atoms with Gasteiger partial charge in [-0.15, -0.1) is 0 Å². The van der Waals surface area contributed by atoms with Gasteiger partial charge < -0.3 is 10.1 Å². The Hall–Kier alpha value is -1.69. The Morgan fingerprint density at radius 3 is 2.86 bits per heavy atom. The zero-order chi connectivity index (χ0) is 15.8. The van der Waals surface area contributed by atoms with Crippen LogP contribution in [0.3, 0.4) is 0 Å². The first-order valence-corrected chi connectivity index (χ1v) is 7.44. The standard InChI is InChI=1S/C16H20F2N2O2/c1-22-13-4-2-3-12(7-13)8-20-10-15(5-6-19-14(15)21)9-16(17,18)11-20/h2-4,7H,5-6,8-11H2,1H3,(H,19,21)/t15-/m0/s1. The summed E-state index contributed by atoms with van der Waals surface area (Å²) < 4.78 is 33.4. The van der Waals surface area contributed by atoms with Gasteiger partial charge in [-0.2, -0.15) is 0 Å². The first-order chi connectivity index (χ1) is 10.4. The highest BCUT2D eigenvalue weighted by atomic mass is 19.3. The Balaban J connectivity index is 1.79. The van der Waals surface area contributed by atoms with E-state index in [4.69, 9.17) is 4.74 Å². The van der Waals surface area contributed by atoms with Crippen molar-refractivity contribution < 1.29 is 18.3 Å². The van der Waals surface area contributed by atoms with Crippen molar-refractivity contribution in [3.8, 4) is 5.75 Å². The number of alkyl halides is 2. The van der Waals surface area contributed by atoms with Gasteiger partial charge in [0.2, 0.25) is 5.91 Å². The van der Waals surface area contributed by atoms with E-state index in [1.54, 1.807) is 12.0 Å². The number of likely N-dealkylation sites (tertiary alicyclic amines) is 1. The van der Waals surface area contributed by atoms with E-state index in [2.05, 4.69) is 5.32 Å². The maximum Gasteiger partial charge on any atom is 0.261 e. The summed E-state index contributed by atoms with van der Waals surface area (Å²) in [5.74, 6) is -2.36.